The molecule has 1 N–H and O–H groups in total. The molecule has 18 heavy (non-hydrogen) atoms. The molecule has 2 aromatic heterocycles. The quantitative estimate of drug-likeness (QED) is 0.872. The molecule has 0 aliphatic carbocycles. The summed E-state index contributed by atoms with van der Waals surface area (Å²) in [5.41, 5.74) is 1.98. The van der Waals surface area contributed by atoms with E-state index in [1.165, 1.54) is 0 Å². The molecular formula is C13H16N4O. The van der Waals surface area contributed by atoms with Crippen LogP contribution in [0.2, 0.25) is 0 Å². The minimum Gasteiger partial charge on any atom is -0.423 e. The Morgan fingerprint density at radius 2 is 1.89 bits per heavy atom. The standard InChI is InChI=1S/C13H16N4O/c1-3-14-6-11-7-16-13(17-8-11)18-12-5-4-10(2)15-9-12/h4-5,7-9,14H,3,6H2,1-2H3. The first-order valence-electron chi connectivity index (χ1n) is 5.90. The molecule has 0 amide bonds. The molecule has 0 radical (unpaired) electrons. The molecule has 0 spiro atoms. The van der Waals surface area contributed by atoms with Gasteiger partial charge >= 0.3 is 6.01 Å². The normalized spacial score (nSPS) is 10.3. The Hall–Kier alpha value is -2.01. The monoisotopic (exact) mass is 244 g/mol. The molecule has 0 saturated heterocycles. The summed E-state index contributed by atoms with van der Waals surface area (Å²) in [6.45, 7) is 5.68. The van der Waals surface area contributed by atoms with Gasteiger partial charge in [0.2, 0.25) is 0 Å². The molecule has 0 atom stereocenters. The highest BCUT2D eigenvalue weighted by Gasteiger charge is 2.01. The zero-order valence-corrected chi connectivity index (χ0v) is 10.6. The van der Waals surface area contributed by atoms with Crippen molar-refractivity contribution in [3.05, 3.63) is 42.0 Å². The Morgan fingerprint density at radius 1 is 1.11 bits per heavy atom. The maximum Gasteiger partial charge on any atom is 0.321 e. The fraction of sp³-hybridized carbons (Fsp3) is 0.308. The van der Waals surface area contributed by atoms with Crippen molar-refractivity contribution in [3.63, 3.8) is 0 Å². The van der Waals surface area contributed by atoms with Crippen molar-refractivity contribution in [1.29, 1.82) is 0 Å². The second-order valence-corrected chi connectivity index (χ2v) is 3.89. The molecule has 0 aromatic carbocycles. The topological polar surface area (TPSA) is 59.9 Å². The largest absolute Gasteiger partial charge is 0.423 e. The van der Waals surface area contributed by atoms with Crippen LogP contribution in [-0.4, -0.2) is 21.5 Å². The lowest BCUT2D eigenvalue weighted by atomic mass is 10.3. The number of nitrogens with one attached hydrogen (secondary N) is 1. The van der Waals surface area contributed by atoms with E-state index in [0.717, 1.165) is 24.3 Å². The van der Waals surface area contributed by atoms with Gasteiger partial charge in [-0.3, -0.25) is 4.98 Å². The SMILES string of the molecule is CCNCc1cnc(Oc2ccc(C)nc2)nc1. The van der Waals surface area contributed by atoms with Crippen LogP contribution in [0.4, 0.5) is 0 Å². The molecule has 0 unspecified atom stereocenters. The van der Waals surface area contributed by atoms with E-state index in [2.05, 4.69) is 27.2 Å². The molecule has 5 nitrogen and oxygen atoms in total. The molecule has 94 valence electrons. The van der Waals surface area contributed by atoms with Crippen LogP contribution in [0, 0.1) is 6.92 Å². The highest BCUT2D eigenvalue weighted by atomic mass is 16.5. The van der Waals surface area contributed by atoms with Gasteiger partial charge in [-0.1, -0.05) is 6.92 Å². The molecule has 0 aliphatic heterocycles. The fourth-order valence-corrected chi connectivity index (χ4v) is 1.38. The number of hydrogen-bond acceptors (Lipinski definition) is 5. The number of nitrogens with zero attached hydrogens (tertiary/aromatic N) is 3. The van der Waals surface area contributed by atoms with E-state index in [4.69, 9.17) is 4.74 Å². The van der Waals surface area contributed by atoms with Gasteiger partial charge in [0.1, 0.15) is 5.75 Å². The first kappa shape index (κ1) is 12.4. The molecule has 2 aromatic rings. The summed E-state index contributed by atoms with van der Waals surface area (Å²) < 4.78 is 5.49. The number of pyridine rings is 1. The van der Waals surface area contributed by atoms with Gasteiger partial charge < -0.3 is 10.1 Å². The van der Waals surface area contributed by atoms with Gasteiger partial charge in [-0.05, 0) is 25.6 Å². The zero-order valence-electron chi connectivity index (χ0n) is 10.6. The summed E-state index contributed by atoms with van der Waals surface area (Å²) in [4.78, 5) is 12.4. The summed E-state index contributed by atoms with van der Waals surface area (Å²) >= 11 is 0. The van der Waals surface area contributed by atoms with Gasteiger partial charge in [-0.2, -0.15) is 0 Å². The minimum atomic E-state index is 0.334. The van der Waals surface area contributed by atoms with Crippen molar-refractivity contribution >= 4 is 0 Å². The van der Waals surface area contributed by atoms with Gasteiger partial charge in [0.05, 0.1) is 6.20 Å². The number of aryl methyl sites for hydroxylation is 1. The summed E-state index contributed by atoms with van der Waals surface area (Å²) in [5, 5.41) is 3.21. The van der Waals surface area contributed by atoms with E-state index < -0.39 is 0 Å². The van der Waals surface area contributed by atoms with E-state index in [9.17, 15) is 0 Å². The van der Waals surface area contributed by atoms with Gasteiger partial charge in [0.15, 0.2) is 0 Å². The Morgan fingerprint density at radius 3 is 2.50 bits per heavy atom. The summed E-state index contributed by atoms with van der Waals surface area (Å²) in [6.07, 6.45) is 5.17. The number of rotatable bonds is 5. The van der Waals surface area contributed by atoms with E-state index in [-0.39, 0.29) is 0 Å². The smallest absolute Gasteiger partial charge is 0.321 e. The highest BCUT2D eigenvalue weighted by molar-refractivity contribution is 5.22. The third kappa shape index (κ3) is 3.49. The van der Waals surface area contributed by atoms with Crippen molar-refractivity contribution in [1.82, 2.24) is 20.3 Å². The van der Waals surface area contributed by atoms with Crippen molar-refractivity contribution in [2.75, 3.05) is 6.54 Å². The predicted molar refractivity (Wildman–Crippen MR) is 68.5 cm³/mol. The number of hydrogen-bond donors (Lipinski definition) is 1. The molecule has 0 bridgehead atoms. The summed E-state index contributed by atoms with van der Waals surface area (Å²) in [5.74, 6) is 0.639. The molecule has 0 aliphatic rings. The Balaban J connectivity index is 1.99. The Kier molecular flexibility index (Phi) is 4.20. The van der Waals surface area contributed by atoms with Crippen LogP contribution in [0.1, 0.15) is 18.2 Å². The second kappa shape index (κ2) is 6.07. The predicted octanol–water partition coefficient (Wildman–Crippen LogP) is 2.08. The van der Waals surface area contributed by atoms with E-state index in [0.29, 0.717) is 11.8 Å². The summed E-state index contributed by atoms with van der Waals surface area (Å²) in [7, 11) is 0. The Bertz CT molecular complexity index is 481. The van der Waals surface area contributed by atoms with Crippen LogP contribution in [0.25, 0.3) is 0 Å². The molecule has 2 rings (SSSR count). The summed E-state index contributed by atoms with van der Waals surface area (Å²) in [6, 6.07) is 4.06. The van der Waals surface area contributed by atoms with Gasteiger partial charge in [-0.15, -0.1) is 0 Å². The lowest BCUT2D eigenvalue weighted by Gasteiger charge is -2.04. The number of aromatic nitrogens is 3. The molecule has 0 saturated carbocycles. The highest BCUT2D eigenvalue weighted by Crippen LogP contribution is 2.15. The van der Waals surface area contributed by atoms with Gasteiger partial charge in [0.25, 0.3) is 0 Å². The molecule has 2 heterocycles. The maximum absolute atomic E-state index is 5.49. The molecule has 5 heteroatoms. The van der Waals surface area contributed by atoms with Crippen LogP contribution in [0.3, 0.4) is 0 Å². The van der Waals surface area contributed by atoms with Crippen LogP contribution in [-0.2, 0) is 6.54 Å². The van der Waals surface area contributed by atoms with E-state index in [1.54, 1.807) is 18.6 Å². The fourth-order valence-electron chi connectivity index (χ4n) is 1.38. The van der Waals surface area contributed by atoms with Crippen molar-refractivity contribution in [3.8, 4) is 11.8 Å². The zero-order chi connectivity index (χ0) is 12.8. The second-order valence-electron chi connectivity index (χ2n) is 3.89. The van der Waals surface area contributed by atoms with Gasteiger partial charge in [0, 0.05) is 30.2 Å². The third-order valence-electron chi connectivity index (χ3n) is 2.35. The van der Waals surface area contributed by atoms with E-state index in [1.807, 2.05) is 19.1 Å². The maximum atomic E-state index is 5.49. The van der Waals surface area contributed by atoms with Crippen molar-refractivity contribution in [2.45, 2.75) is 20.4 Å². The molecule has 0 fully saturated rings. The lowest BCUT2D eigenvalue weighted by molar-refractivity contribution is 0.438. The van der Waals surface area contributed by atoms with Crippen LogP contribution < -0.4 is 10.1 Å². The molecular weight excluding hydrogens is 228 g/mol. The van der Waals surface area contributed by atoms with Crippen molar-refractivity contribution in [2.24, 2.45) is 0 Å². The van der Waals surface area contributed by atoms with Crippen LogP contribution >= 0.6 is 0 Å². The Labute approximate surface area is 106 Å². The average Bonchev–Trinajstić information content (AvgIpc) is 2.41. The van der Waals surface area contributed by atoms with Crippen LogP contribution in [0.5, 0.6) is 11.8 Å². The average molecular weight is 244 g/mol. The van der Waals surface area contributed by atoms with Crippen molar-refractivity contribution < 1.29 is 4.74 Å². The first-order chi connectivity index (χ1) is 8.78. The van der Waals surface area contributed by atoms with Gasteiger partial charge in [-0.25, -0.2) is 9.97 Å². The van der Waals surface area contributed by atoms with Crippen LogP contribution in [0.15, 0.2) is 30.7 Å². The lowest BCUT2D eigenvalue weighted by Crippen LogP contribution is -2.12. The minimum absolute atomic E-state index is 0.334. The third-order valence-corrected chi connectivity index (χ3v) is 2.35. The number of ether oxygens (including phenoxy) is 1. The first-order valence-corrected chi connectivity index (χ1v) is 5.90. The van der Waals surface area contributed by atoms with E-state index >= 15 is 0 Å².